The number of alkyl halides is 2. The molecule has 0 aromatic heterocycles. The quantitative estimate of drug-likeness (QED) is 0.832. The molecular weight excluding hydrogens is 244 g/mol. The molecule has 0 amide bonds. The first-order chi connectivity index (χ1) is 8.71. The van der Waals surface area contributed by atoms with Gasteiger partial charge in [0.25, 0.3) is 6.43 Å². The standard InChI is InChI=1S/C16H25F2N/c1-6-11-19-16(5,14(17)18)13-9-7-12(8-10-13)15(2,3)4/h7-10,14,19H,6,11H2,1-5H3. The van der Waals surface area contributed by atoms with Crippen LogP contribution in [0.15, 0.2) is 24.3 Å². The van der Waals surface area contributed by atoms with Gasteiger partial charge in [0.1, 0.15) is 5.54 Å². The summed E-state index contributed by atoms with van der Waals surface area (Å²) in [7, 11) is 0. The highest BCUT2D eigenvalue weighted by Crippen LogP contribution is 2.30. The molecule has 0 fully saturated rings. The molecule has 1 rings (SSSR count). The summed E-state index contributed by atoms with van der Waals surface area (Å²) in [6, 6.07) is 7.53. The Labute approximate surface area is 115 Å². The van der Waals surface area contributed by atoms with Crippen molar-refractivity contribution in [2.45, 2.75) is 58.4 Å². The van der Waals surface area contributed by atoms with Crippen molar-refractivity contribution in [3.63, 3.8) is 0 Å². The van der Waals surface area contributed by atoms with E-state index in [1.165, 1.54) is 0 Å². The molecule has 1 nitrogen and oxygen atoms in total. The number of benzene rings is 1. The zero-order valence-corrected chi connectivity index (χ0v) is 12.6. The van der Waals surface area contributed by atoms with Gasteiger partial charge in [-0.1, -0.05) is 52.0 Å². The summed E-state index contributed by atoms with van der Waals surface area (Å²) in [5.41, 5.74) is 0.565. The molecule has 0 heterocycles. The maximum absolute atomic E-state index is 13.4. The van der Waals surface area contributed by atoms with E-state index < -0.39 is 12.0 Å². The topological polar surface area (TPSA) is 12.0 Å². The molecule has 1 aromatic carbocycles. The van der Waals surface area contributed by atoms with Crippen LogP contribution in [0.3, 0.4) is 0 Å². The van der Waals surface area contributed by atoms with E-state index >= 15 is 0 Å². The van der Waals surface area contributed by atoms with E-state index in [-0.39, 0.29) is 5.41 Å². The second kappa shape index (κ2) is 6.00. The van der Waals surface area contributed by atoms with Crippen LogP contribution >= 0.6 is 0 Å². The van der Waals surface area contributed by atoms with E-state index in [4.69, 9.17) is 0 Å². The molecule has 0 aliphatic rings. The third kappa shape index (κ3) is 3.75. The van der Waals surface area contributed by atoms with Gasteiger partial charge in [0, 0.05) is 0 Å². The lowest BCUT2D eigenvalue weighted by molar-refractivity contribution is 0.0385. The van der Waals surface area contributed by atoms with Crippen molar-refractivity contribution < 1.29 is 8.78 Å². The van der Waals surface area contributed by atoms with Crippen molar-refractivity contribution >= 4 is 0 Å². The highest BCUT2D eigenvalue weighted by molar-refractivity contribution is 5.32. The number of halogens is 2. The Morgan fingerprint density at radius 1 is 1.00 bits per heavy atom. The lowest BCUT2D eigenvalue weighted by Crippen LogP contribution is -2.46. The van der Waals surface area contributed by atoms with Gasteiger partial charge in [-0.25, -0.2) is 8.78 Å². The molecule has 0 aliphatic carbocycles. The van der Waals surface area contributed by atoms with Crippen LogP contribution in [0.25, 0.3) is 0 Å². The predicted molar refractivity (Wildman–Crippen MR) is 76.8 cm³/mol. The van der Waals surface area contributed by atoms with Crippen LogP contribution in [0.1, 0.15) is 52.2 Å². The van der Waals surface area contributed by atoms with E-state index in [0.717, 1.165) is 12.0 Å². The molecule has 1 N–H and O–H groups in total. The summed E-state index contributed by atoms with van der Waals surface area (Å²) in [6.07, 6.45) is -1.60. The van der Waals surface area contributed by atoms with Crippen molar-refractivity contribution in [2.24, 2.45) is 0 Å². The van der Waals surface area contributed by atoms with Crippen molar-refractivity contribution in [1.29, 1.82) is 0 Å². The largest absolute Gasteiger partial charge is 0.303 e. The molecule has 0 spiro atoms. The van der Waals surface area contributed by atoms with Crippen molar-refractivity contribution in [1.82, 2.24) is 5.32 Å². The second-order valence-corrected chi connectivity index (χ2v) is 6.26. The molecule has 108 valence electrons. The Bertz CT molecular complexity index is 392. The molecule has 0 aliphatic heterocycles. The second-order valence-electron chi connectivity index (χ2n) is 6.26. The van der Waals surface area contributed by atoms with Crippen LogP contribution in [0, 0.1) is 0 Å². The maximum Gasteiger partial charge on any atom is 0.260 e. The summed E-state index contributed by atoms with van der Waals surface area (Å²) in [6.45, 7) is 10.5. The highest BCUT2D eigenvalue weighted by Gasteiger charge is 2.36. The first-order valence-corrected chi connectivity index (χ1v) is 6.86. The molecule has 0 radical (unpaired) electrons. The van der Waals surface area contributed by atoms with E-state index in [0.29, 0.717) is 12.1 Å². The third-order valence-corrected chi connectivity index (χ3v) is 3.53. The monoisotopic (exact) mass is 269 g/mol. The lowest BCUT2D eigenvalue weighted by Gasteiger charge is -2.31. The van der Waals surface area contributed by atoms with Gasteiger partial charge in [0.2, 0.25) is 0 Å². The van der Waals surface area contributed by atoms with E-state index in [1.807, 2.05) is 31.2 Å². The third-order valence-electron chi connectivity index (χ3n) is 3.53. The van der Waals surface area contributed by atoms with E-state index in [2.05, 4.69) is 26.1 Å². The Kier molecular flexibility index (Phi) is 5.08. The fourth-order valence-corrected chi connectivity index (χ4v) is 2.01. The average molecular weight is 269 g/mol. The van der Waals surface area contributed by atoms with Gasteiger partial charge >= 0.3 is 0 Å². The minimum Gasteiger partial charge on any atom is -0.303 e. The van der Waals surface area contributed by atoms with Gasteiger partial charge < -0.3 is 5.32 Å². The fraction of sp³-hybridized carbons (Fsp3) is 0.625. The van der Waals surface area contributed by atoms with E-state index in [1.54, 1.807) is 6.92 Å². The SMILES string of the molecule is CCCNC(C)(c1ccc(C(C)(C)C)cc1)C(F)F. The molecule has 1 aromatic rings. The van der Waals surface area contributed by atoms with E-state index in [9.17, 15) is 8.78 Å². The molecule has 1 unspecified atom stereocenters. The minimum atomic E-state index is -2.43. The number of hydrogen-bond donors (Lipinski definition) is 1. The van der Waals surface area contributed by atoms with Crippen LogP contribution in [0.2, 0.25) is 0 Å². The zero-order chi connectivity index (χ0) is 14.7. The van der Waals surface area contributed by atoms with Crippen LogP contribution in [0.4, 0.5) is 8.78 Å². The maximum atomic E-state index is 13.4. The average Bonchev–Trinajstić information content (AvgIpc) is 2.34. The Morgan fingerprint density at radius 3 is 1.84 bits per heavy atom. The molecule has 19 heavy (non-hydrogen) atoms. The summed E-state index contributed by atoms with van der Waals surface area (Å²) >= 11 is 0. The van der Waals surface area contributed by atoms with Crippen LogP contribution in [0.5, 0.6) is 0 Å². The smallest absolute Gasteiger partial charge is 0.260 e. The molecule has 1 atom stereocenters. The van der Waals surface area contributed by atoms with Gasteiger partial charge in [-0.3, -0.25) is 0 Å². The molecule has 0 bridgehead atoms. The first-order valence-electron chi connectivity index (χ1n) is 6.86. The summed E-state index contributed by atoms with van der Waals surface area (Å²) in [5, 5.41) is 2.97. The van der Waals surface area contributed by atoms with Crippen LogP contribution in [-0.2, 0) is 11.0 Å². The highest BCUT2D eigenvalue weighted by atomic mass is 19.3. The Morgan fingerprint density at radius 2 is 1.47 bits per heavy atom. The van der Waals surface area contributed by atoms with Crippen LogP contribution in [-0.4, -0.2) is 13.0 Å². The zero-order valence-electron chi connectivity index (χ0n) is 12.6. The Hall–Kier alpha value is -0.960. The van der Waals surface area contributed by atoms with Crippen molar-refractivity contribution in [3.8, 4) is 0 Å². The number of rotatable bonds is 5. The Balaban J connectivity index is 3.04. The number of nitrogens with one attached hydrogen (secondary N) is 1. The van der Waals surface area contributed by atoms with Crippen LogP contribution < -0.4 is 5.32 Å². The van der Waals surface area contributed by atoms with Gasteiger partial charge in [0.05, 0.1) is 0 Å². The molecular formula is C16H25F2N. The van der Waals surface area contributed by atoms with Gasteiger partial charge in [-0.2, -0.15) is 0 Å². The fourth-order valence-electron chi connectivity index (χ4n) is 2.01. The summed E-state index contributed by atoms with van der Waals surface area (Å²) < 4.78 is 26.7. The molecule has 0 saturated carbocycles. The summed E-state index contributed by atoms with van der Waals surface area (Å²) in [5.74, 6) is 0. The van der Waals surface area contributed by atoms with Gasteiger partial charge in [-0.05, 0) is 36.4 Å². The first kappa shape index (κ1) is 16.1. The van der Waals surface area contributed by atoms with Crippen molar-refractivity contribution in [3.05, 3.63) is 35.4 Å². The normalized spacial score (nSPS) is 15.6. The van der Waals surface area contributed by atoms with Gasteiger partial charge in [0.15, 0.2) is 0 Å². The summed E-state index contributed by atoms with van der Waals surface area (Å²) in [4.78, 5) is 0. The number of hydrogen-bond acceptors (Lipinski definition) is 1. The van der Waals surface area contributed by atoms with Gasteiger partial charge in [-0.15, -0.1) is 0 Å². The minimum absolute atomic E-state index is 0.0383. The predicted octanol–water partition coefficient (Wildman–Crippen LogP) is 4.46. The lowest BCUT2D eigenvalue weighted by atomic mass is 9.84. The van der Waals surface area contributed by atoms with Crippen molar-refractivity contribution in [2.75, 3.05) is 6.54 Å². The molecule has 0 saturated heterocycles. The molecule has 3 heteroatoms.